The number of sulfonamides is 1. The van der Waals surface area contributed by atoms with Crippen molar-refractivity contribution < 1.29 is 13.5 Å². The van der Waals surface area contributed by atoms with Crippen LogP contribution in [0.3, 0.4) is 0 Å². The van der Waals surface area contributed by atoms with Crippen molar-refractivity contribution in [2.45, 2.75) is 11.8 Å². The highest BCUT2D eigenvalue weighted by molar-refractivity contribution is 7.89. The Morgan fingerprint density at radius 3 is 2.62 bits per heavy atom. The number of aryl methyl sites for hydroxylation is 2. The Kier molecular flexibility index (Phi) is 2.18. The molecule has 16 heavy (non-hydrogen) atoms. The lowest BCUT2D eigenvalue weighted by Crippen LogP contribution is -2.13. The minimum absolute atomic E-state index is 0.120. The van der Waals surface area contributed by atoms with Gasteiger partial charge in [0.2, 0.25) is 10.0 Å². The molecule has 0 aliphatic rings. The zero-order chi connectivity index (χ0) is 12.1. The second-order valence-electron chi connectivity index (χ2n) is 3.59. The van der Waals surface area contributed by atoms with Gasteiger partial charge in [-0.2, -0.15) is 5.10 Å². The van der Waals surface area contributed by atoms with Crippen molar-refractivity contribution in [3.63, 3.8) is 0 Å². The molecule has 0 atom stereocenters. The van der Waals surface area contributed by atoms with Gasteiger partial charge in [0, 0.05) is 18.5 Å². The Morgan fingerprint density at radius 2 is 2.06 bits per heavy atom. The quantitative estimate of drug-likeness (QED) is 0.746. The Labute approximate surface area is 92.3 Å². The lowest BCUT2D eigenvalue weighted by atomic mass is 10.2. The van der Waals surface area contributed by atoms with Gasteiger partial charge < -0.3 is 5.11 Å². The van der Waals surface area contributed by atoms with Crippen LogP contribution in [-0.4, -0.2) is 23.3 Å². The third-order valence-corrected chi connectivity index (χ3v) is 3.30. The lowest BCUT2D eigenvalue weighted by molar-refractivity contribution is 0.474. The van der Waals surface area contributed by atoms with Gasteiger partial charge in [-0.1, -0.05) is 0 Å². The molecule has 1 heterocycles. The van der Waals surface area contributed by atoms with Crippen molar-refractivity contribution in [3.8, 4) is 5.75 Å². The molecule has 0 radical (unpaired) electrons. The van der Waals surface area contributed by atoms with Crippen LogP contribution in [0.5, 0.6) is 5.75 Å². The molecule has 0 bridgehead atoms. The fourth-order valence-corrected chi connectivity index (χ4v) is 2.55. The van der Waals surface area contributed by atoms with E-state index in [0.717, 1.165) is 6.07 Å². The molecule has 0 aliphatic heterocycles. The van der Waals surface area contributed by atoms with Gasteiger partial charge in [-0.3, -0.25) is 4.68 Å². The Morgan fingerprint density at radius 1 is 1.44 bits per heavy atom. The summed E-state index contributed by atoms with van der Waals surface area (Å²) >= 11 is 0. The first-order valence-corrected chi connectivity index (χ1v) is 6.04. The predicted molar refractivity (Wildman–Crippen MR) is 58.5 cm³/mol. The van der Waals surface area contributed by atoms with E-state index in [2.05, 4.69) is 5.10 Å². The topological polar surface area (TPSA) is 98.2 Å². The second-order valence-corrected chi connectivity index (χ2v) is 5.12. The number of aromatic nitrogens is 2. The number of phenolic OH excluding ortho intramolecular Hbond substituents is 1. The Balaban J connectivity index is 3.04. The number of primary sulfonamides is 1. The van der Waals surface area contributed by atoms with Crippen LogP contribution in [0.25, 0.3) is 10.9 Å². The van der Waals surface area contributed by atoms with Gasteiger partial charge in [0.1, 0.15) is 10.6 Å². The molecule has 0 saturated carbocycles. The van der Waals surface area contributed by atoms with E-state index in [0.29, 0.717) is 16.6 Å². The highest BCUT2D eigenvalue weighted by atomic mass is 32.2. The summed E-state index contributed by atoms with van der Waals surface area (Å²) in [6.45, 7) is 1.73. The monoisotopic (exact) mass is 241 g/mol. The molecule has 0 aliphatic carbocycles. The molecule has 1 aromatic carbocycles. The van der Waals surface area contributed by atoms with Crippen LogP contribution in [0.1, 0.15) is 5.69 Å². The number of phenols is 1. The summed E-state index contributed by atoms with van der Waals surface area (Å²) in [6, 6.07) is 2.59. The number of aromatic hydroxyl groups is 1. The molecule has 1 aromatic heterocycles. The van der Waals surface area contributed by atoms with E-state index in [9.17, 15) is 13.5 Å². The number of hydrogen-bond acceptors (Lipinski definition) is 4. The van der Waals surface area contributed by atoms with E-state index in [4.69, 9.17) is 5.14 Å². The van der Waals surface area contributed by atoms with E-state index in [1.165, 1.54) is 10.7 Å². The summed E-state index contributed by atoms with van der Waals surface area (Å²) in [5.74, 6) is -0.146. The summed E-state index contributed by atoms with van der Waals surface area (Å²) < 4.78 is 24.2. The Bertz CT molecular complexity index is 673. The highest BCUT2D eigenvalue weighted by Gasteiger charge is 2.18. The van der Waals surface area contributed by atoms with E-state index < -0.39 is 10.0 Å². The molecule has 0 fully saturated rings. The minimum atomic E-state index is -3.88. The smallest absolute Gasteiger partial charge is 0.240 e. The molecule has 7 heteroatoms. The number of benzene rings is 1. The van der Waals surface area contributed by atoms with Gasteiger partial charge >= 0.3 is 0 Å². The molecule has 2 aromatic rings. The van der Waals surface area contributed by atoms with Gasteiger partial charge in [0.15, 0.2) is 0 Å². The van der Waals surface area contributed by atoms with E-state index >= 15 is 0 Å². The second kappa shape index (κ2) is 3.19. The van der Waals surface area contributed by atoms with Crippen molar-refractivity contribution in [2.75, 3.05) is 0 Å². The van der Waals surface area contributed by atoms with Gasteiger partial charge in [-0.15, -0.1) is 0 Å². The maximum absolute atomic E-state index is 11.4. The first-order chi connectivity index (χ1) is 7.30. The predicted octanol–water partition coefficient (Wildman–Crippen LogP) is 0.235. The van der Waals surface area contributed by atoms with Crippen LogP contribution in [0.15, 0.2) is 17.0 Å². The molecule has 0 spiro atoms. The van der Waals surface area contributed by atoms with Crippen molar-refractivity contribution in [1.29, 1.82) is 0 Å². The summed E-state index contributed by atoms with van der Waals surface area (Å²) in [5, 5.41) is 19.2. The summed E-state index contributed by atoms with van der Waals surface area (Å²) in [5.41, 5.74) is 1.04. The lowest BCUT2D eigenvalue weighted by Gasteiger charge is -2.03. The third-order valence-electron chi connectivity index (χ3n) is 2.38. The van der Waals surface area contributed by atoms with Crippen molar-refractivity contribution >= 4 is 20.9 Å². The van der Waals surface area contributed by atoms with Gasteiger partial charge in [0.25, 0.3) is 0 Å². The highest BCUT2D eigenvalue weighted by Crippen LogP contribution is 2.28. The molecular weight excluding hydrogens is 230 g/mol. The average molecular weight is 241 g/mol. The van der Waals surface area contributed by atoms with E-state index in [1.54, 1.807) is 14.0 Å². The number of nitrogens with two attached hydrogens (primary N) is 1. The summed E-state index contributed by atoms with van der Waals surface area (Å²) in [4.78, 5) is -0.120. The van der Waals surface area contributed by atoms with E-state index in [-0.39, 0.29) is 10.6 Å². The molecule has 0 unspecified atom stereocenters. The average Bonchev–Trinajstić information content (AvgIpc) is 2.40. The maximum Gasteiger partial charge on any atom is 0.240 e. The van der Waals surface area contributed by atoms with Crippen LogP contribution in [0.4, 0.5) is 0 Å². The molecule has 86 valence electrons. The van der Waals surface area contributed by atoms with Crippen LogP contribution in [0, 0.1) is 6.92 Å². The van der Waals surface area contributed by atoms with Gasteiger partial charge in [0.05, 0.1) is 11.2 Å². The largest absolute Gasteiger partial charge is 0.508 e. The number of rotatable bonds is 1. The van der Waals surface area contributed by atoms with Crippen LogP contribution < -0.4 is 5.14 Å². The molecule has 2 rings (SSSR count). The van der Waals surface area contributed by atoms with E-state index in [1.807, 2.05) is 0 Å². The third kappa shape index (κ3) is 1.54. The van der Waals surface area contributed by atoms with Crippen molar-refractivity contribution in [1.82, 2.24) is 9.78 Å². The Hall–Kier alpha value is -1.60. The van der Waals surface area contributed by atoms with Gasteiger partial charge in [-0.25, -0.2) is 13.6 Å². The standard InChI is InChI=1S/C9H11N3O3S/c1-5-7-3-6(13)4-8(16(10,14)15)9(7)12(2)11-5/h3-4,13H,1-2H3,(H2,10,14,15). The zero-order valence-corrected chi connectivity index (χ0v) is 9.61. The first kappa shape index (κ1) is 10.9. The maximum atomic E-state index is 11.4. The summed E-state index contributed by atoms with van der Waals surface area (Å²) in [7, 11) is -2.26. The number of fused-ring (bicyclic) bond motifs is 1. The summed E-state index contributed by atoms with van der Waals surface area (Å²) in [6.07, 6.45) is 0. The SMILES string of the molecule is Cc1nn(C)c2c(S(N)(=O)=O)cc(O)cc12. The van der Waals surface area contributed by atoms with Crippen molar-refractivity contribution in [3.05, 3.63) is 17.8 Å². The van der Waals surface area contributed by atoms with Crippen LogP contribution in [0.2, 0.25) is 0 Å². The van der Waals surface area contributed by atoms with Gasteiger partial charge in [-0.05, 0) is 13.0 Å². The van der Waals surface area contributed by atoms with Crippen LogP contribution in [-0.2, 0) is 17.1 Å². The molecule has 0 amide bonds. The normalized spacial score (nSPS) is 12.2. The first-order valence-electron chi connectivity index (χ1n) is 4.50. The number of nitrogens with zero attached hydrogens (tertiary/aromatic N) is 2. The fourth-order valence-electron chi connectivity index (χ4n) is 1.75. The molecular formula is C9H11N3O3S. The molecule has 6 nitrogen and oxygen atoms in total. The molecule has 0 saturated heterocycles. The minimum Gasteiger partial charge on any atom is -0.508 e. The number of hydrogen-bond donors (Lipinski definition) is 2. The van der Waals surface area contributed by atoms with Crippen molar-refractivity contribution in [2.24, 2.45) is 12.2 Å². The molecule has 3 N–H and O–H groups in total. The zero-order valence-electron chi connectivity index (χ0n) is 8.80. The van der Waals surface area contributed by atoms with Crippen LogP contribution >= 0.6 is 0 Å². The fraction of sp³-hybridized carbons (Fsp3) is 0.222.